The maximum atomic E-state index is 12.0. The van der Waals surface area contributed by atoms with Crippen molar-refractivity contribution in [1.82, 2.24) is 15.2 Å². The fourth-order valence-corrected chi connectivity index (χ4v) is 3.37. The summed E-state index contributed by atoms with van der Waals surface area (Å²) in [5.74, 6) is 0.332. The van der Waals surface area contributed by atoms with E-state index >= 15 is 0 Å². The van der Waals surface area contributed by atoms with Gasteiger partial charge in [-0.3, -0.25) is 9.69 Å². The number of amides is 1. The van der Waals surface area contributed by atoms with Crippen molar-refractivity contribution in [3.63, 3.8) is 0 Å². The Kier molecular flexibility index (Phi) is 6.83. The summed E-state index contributed by atoms with van der Waals surface area (Å²) < 4.78 is 5.63. The number of nitrogens with zero attached hydrogens (tertiary/aromatic N) is 2. The lowest BCUT2D eigenvalue weighted by Crippen LogP contribution is -2.27. The molecule has 5 nitrogen and oxygen atoms in total. The molecule has 1 amide bonds. The van der Waals surface area contributed by atoms with Crippen molar-refractivity contribution < 1.29 is 9.21 Å². The second kappa shape index (κ2) is 9.52. The molecule has 152 valence electrons. The molecule has 29 heavy (non-hydrogen) atoms. The fourth-order valence-electron chi connectivity index (χ4n) is 3.37. The highest BCUT2D eigenvalue weighted by molar-refractivity contribution is 5.91. The van der Waals surface area contributed by atoms with Crippen LogP contribution >= 0.6 is 0 Å². The largest absolute Gasteiger partial charge is 0.447 e. The van der Waals surface area contributed by atoms with E-state index in [1.807, 2.05) is 13.0 Å². The number of aryl methyl sites for hydroxylation is 2. The van der Waals surface area contributed by atoms with E-state index in [-0.39, 0.29) is 11.9 Å². The molecule has 0 fully saturated rings. The van der Waals surface area contributed by atoms with Gasteiger partial charge >= 0.3 is 0 Å². The summed E-state index contributed by atoms with van der Waals surface area (Å²) in [5, 5.41) is 2.76. The van der Waals surface area contributed by atoms with Crippen LogP contribution in [0.4, 0.5) is 0 Å². The van der Waals surface area contributed by atoms with Crippen molar-refractivity contribution in [1.29, 1.82) is 0 Å². The van der Waals surface area contributed by atoms with Gasteiger partial charge in [-0.25, -0.2) is 4.98 Å². The molecule has 0 saturated heterocycles. The van der Waals surface area contributed by atoms with E-state index < -0.39 is 0 Å². The first-order valence-electron chi connectivity index (χ1n) is 10.1. The first kappa shape index (κ1) is 20.8. The molecular formula is C24H29N3O2. The van der Waals surface area contributed by atoms with E-state index in [4.69, 9.17) is 4.42 Å². The highest BCUT2D eigenvalue weighted by Crippen LogP contribution is 2.26. The van der Waals surface area contributed by atoms with Crippen molar-refractivity contribution in [2.75, 3.05) is 6.54 Å². The molecular weight excluding hydrogens is 362 g/mol. The van der Waals surface area contributed by atoms with Crippen LogP contribution in [0.15, 0.2) is 59.2 Å². The van der Waals surface area contributed by atoms with Gasteiger partial charge in [0.2, 0.25) is 5.89 Å². The molecule has 3 rings (SSSR count). The standard InChI is InChI=1S/C24H29N3O2/c1-5-25-24(28)22-16-29-23(26-22)15-27(19(4)20-9-7-6-8-10-20)14-21-13-17(2)11-12-18(21)3/h6-13,16,19H,5,14-15H2,1-4H3,(H,25,28)/t19-/m1/s1. The van der Waals surface area contributed by atoms with E-state index in [1.54, 1.807) is 0 Å². The van der Waals surface area contributed by atoms with Crippen molar-refractivity contribution in [3.05, 3.63) is 88.6 Å². The average molecular weight is 392 g/mol. The summed E-state index contributed by atoms with van der Waals surface area (Å²) in [6.45, 7) is 10.2. The summed E-state index contributed by atoms with van der Waals surface area (Å²) in [6, 6.07) is 17.1. The SMILES string of the molecule is CCNC(=O)c1coc(CN(Cc2cc(C)ccc2C)[C@H](C)c2ccccc2)n1. The van der Waals surface area contributed by atoms with Crippen LogP contribution in [0.5, 0.6) is 0 Å². The summed E-state index contributed by atoms with van der Waals surface area (Å²) in [6.07, 6.45) is 1.43. The lowest BCUT2D eigenvalue weighted by molar-refractivity contribution is 0.0950. The molecule has 0 aliphatic heterocycles. The highest BCUT2D eigenvalue weighted by atomic mass is 16.3. The van der Waals surface area contributed by atoms with Crippen LogP contribution in [0.2, 0.25) is 0 Å². The average Bonchev–Trinajstić information content (AvgIpc) is 3.19. The molecule has 0 spiro atoms. The minimum Gasteiger partial charge on any atom is -0.447 e. The summed E-state index contributed by atoms with van der Waals surface area (Å²) in [5.41, 5.74) is 5.33. The van der Waals surface area contributed by atoms with Gasteiger partial charge in [0.15, 0.2) is 5.69 Å². The molecule has 0 saturated carbocycles. The van der Waals surface area contributed by atoms with Gasteiger partial charge in [-0.05, 0) is 44.4 Å². The van der Waals surface area contributed by atoms with Gasteiger partial charge in [-0.1, -0.05) is 54.1 Å². The number of benzene rings is 2. The second-order valence-electron chi connectivity index (χ2n) is 7.41. The van der Waals surface area contributed by atoms with Gasteiger partial charge < -0.3 is 9.73 Å². The van der Waals surface area contributed by atoms with E-state index in [1.165, 1.54) is 28.5 Å². The van der Waals surface area contributed by atoms with Crippen molar-refractivity contribution >= 4 is 5.91 Å². The zero-order chi connectivity index (χ0) is 20.8. The van der Waals surface area contributed by atoms with Crippen LogP contribution in [0.3, 0.4) is 0 Å². The van der Waals surface area contributed by atoms with E-state index in [2.05, 4.69) is 78.4 Å². The van der Waals surface area contributed by atoms with Crippen LogP contribution in [-0.2, 0) is 13.1 Å². The quantitative estimate of drug-likeness (QED) is 0.599. The Morgan fingerprint density at radius 1 is 1.14 bits per heavy atom. The second-order valence-corrected chi connectivity index (χ2v) is 7.41. The Bertz CT molecular complexity index is 950. The highest BCUT2D eigenvalue weighted by Gasteiger charge is 2.21. The minimum absolute atomic E-state index is 0.163. The van der Waals surface area contributed by atoms with Crippen molar-refractivity contribution in [2.45, 2.75) is 46.8 Å². The van der Waals surface area contributed by atoms with E-state index in [0.717, 1.165) is 6.54 Å². The monoisotopic (exact) mass is 391 g/mol. The topological polar surface area (TPSA) is 58.4 Å². The van der Waals surface area contributed by atoms with Crippen LogP contribution < -0.4 is 5.32 Å². The smallest absolute Gasteiger partial charge is 0.273 e. The van der Waals surface area contributed by atoms with Gasteiger partial charge in [0.25, 0.3) is 5.91 Å². The van der Waals surface area contributed by atoms with Gasteiger partial charge in [-0.15, -0.1) is 0 Å². The summed E-state index contributed by atoms with van der Waals surface area (Å²) >= 11 is 0. The number of carbonyl (C=O) groups excluding carboxylic acids is 1. The maximum Gasteiger partial charge on any atom is 0.273 e. The zero-order valence-corrected chi connectivity index (χ0v) is 17.6. The third-order valence-electron chi connectivity index (χ3n) is 5.17. The van der Waals surface area contributed by atoms with Gasteiger partial charge in [0.05, 0.1) is 6.54 Å². The number of carbonyl (C=O) groups is 1. The molecule has 1 aromatic heterocycles. The predicted molar refractivity (Wildman–Crippen MR) is 115 cm³/mol. The Hall–Kier alpha value is -2.92. The van der Waals surface area contributed by atoms with Crippen LogP contribution in [0.25, 0.3) is 0 Å². The molecule has 1 N–H and O–H groups in total. The molecule has 1 atom stereocenters. The lowest BCUT2D eigenvalue weighted by Gasteiger charge is -2.29. The van der Waals surface area contributed by atoms with Gasteiger partial charge in [-0.2, -0.15) is 0 Å². The molecule has 0 unspecified atom stereocenters. The van der Waals surface area contributed by atoms with Crippen LogP contribution in [-0.4, -0.2) is 22.3 Å². The molecule has 1 heterocycles. The Morgan fingerprint density at radius 2 is 1.90 bits per heavy atom. The molecule has 0 aliphatic rings. The first-order valence-corrected chi connectivity index (χ1v) is 10.1. The number of hydrogen-bond acceptors (Lipinski definition) is 4. The van der Waals surface area contributed by atoms with Crippen molar-refractivity contribution in [3.8, 4) is 0 Å². The minimum atomic E-state index is -0.209. The third kappa shape index (κ3) is 5.33. The van der Waals surface area contributed by atoms with Crippen LogP contribution in [0, 0.1) is 13.8 Å². The normalized spacial score (nSPS) is 12.2. The zero-order valence-electron chi connectivity index (χ0n) is 17.6. The summed E-state index contributed by atoms with van der Waals surface area (Å²) in [4.78, 5) is 18.8. The molecule has 5 heteroatoms. The van der Waals surface area contributed by atoms with Crippen molar-refractivity contribution in [2.24, 2.45) is 0 Å². The number of rotatable bonds is 8. The summed E-state index contributed by atoms with van der Waals surface area (Å²) in [7, 11) is 0. The van der Waals surface area contributed by atoms with Gasteiger partial charge in [0.1, 0.15) is 6.26 Å². The van der Waals surface area contributed by atoms with E-state index in [0.29, 0.717) is 24.7 Å². The number of nitrogens with one attached hydrogen (secondary N) is 1. The molecule has 0 radical (unpaired) electrons. The number of hydrogen-bond donors (Lipinski definition) is 1. The number of aromatic nitrogens is 1. The predicted octanol–water partition coefficient (Wildman–Crippen LogP) is 4.80. The Labute approximate surface area is 172 Å². The third-order valence-corrected chi connectivity index (χ3v) is 5.17. The molecule has 2 aromatic carbocycles. The molecule has 0 aliphatic carbocycles. The maximum absolute atomic E-state index is 12.0. The molecule has 3 aromatic rings. The van der Waals surface area contributed by atoms with Gasteiger partial charge in [0, 0.05) is 19.1 Å². The Balaban J connectivity index is 1.86. The first-order chi connectivity index (χ1) is 14.0. The Morgan fingerprint density at radius 3 is 2.62 bits per heavy atom. The van der Waals surface area contributed by atoms with E-state index in [9.17, 15) is 4.79 Å². The fraction of sp³-hybridized carbons (Fsp3) is 0.333. The molecule has 0 bridgehead atoms. The lowest BCUT2D eigenvalue weighted by atomic mass is 10.0. The van der Waals surface area contributed by atoms with Crippen LogP contribution in [0.1, 0.15) is 58.5 Å². The number of oxazole rings is 1.